The van der Waals surface area contributed by atoms with Crippen molar-refractivity contribution < 1.29 is 27.6 Å². The average molecular weight is 170 g/mol. The summed E-state index contributed by atoms with van der Waals surface area (Å²) in [4.78, 5) is 9.61. The van der Waals surface area contributed by atoms with E-state index in [-0.39, 0.29) is 0 Å². The molecule has 0 radical (unpaired) electrons. The Morgan fingerprint density at radius 1 is 1.50 bits per heavy atom. The van der Waals surface area contributed by atoms with E-state index in [9.17, 15) is 13.2 Å². The molecule has 0 rings (SSSR count). The van der Waals surface area contributed by atoms with Gasteiger partial charge in [-0.3, -0.25) is 0 Å². The van der Waals surface area contributed by atoms with Crippen molar-refractivity contribution >= 4 is 16.3 Å². The molecular weight excluding hydrogens is 164 g/mol. The van der Waals surface area contributed by atoms with Gasteiger partial charge in [-0.1, -0.05) is 0 Å². The fourth-order valence-corrected chi connectivity index (χ4v) is 0.786. The monoisotopic (exact) mass is 170 g/mol. The summed E-state index contributed by atoms with van der Waals surface area (Å²) in [6.45, 7) is -0.657. The van der Waals surface area contributed by atoms with Gasteiger partial charge in [0.25, 0.3) is 0 Å². The van der Waals surface area contributed by atoms with Gasteiger partial charge in [-0.05, 0) is 0 Å². The molecular formula is C3H6O6S. The van der Waals surface area contributed by atoms with Crippen molar-refractivity contribution in [2.24, 2.45) is 0 Å². The van der Waals surface area contributed by atoms with Crippen molar-refractivity contribution in [3.8, 4) is 0 Å². The molecule has 0 aliphatic carbocycles. The fourth-order valence-electron chi connectivity index (χ4n) is 0.262. The molecule has 0 aromatic heterocycles. The van der Waals surface area contributed by atoms with E-state index in [1.807, 2.05) is 0 Å². The maximum Gasteiger partial charge on any atom is 0.521 e. The van der Waals surface area contributed by atoms with Crippen LogP contribution < -0.4 is 0 Å². The first-order valence-electron chi connectivity index (χ1n) is 2.24. The summed E-state index contributed by atoms with van der Waals surface area (Å²) in [7, 11) is -4.08. The van der Waals surface area contributed by atoms with Crippen LogP contribution in [0.25, 0.3) is 0 Å². The number of hydrogen-bond acceptors (Lipinski definition) is 5. The SMILES string of the molecule is O=C(O)OS(=O)(=O)CCO. The quantitative estimate of drug-likeness (QED) is 0.527. The fraction of sp³-hybridized carbons (Fsp3) is 0.667. The van der Waals surface area contributed by atoms with Crippen molar-refractivity contribution in [1.82, 2.24) is 0 Å². The van der Waals surface area contributed by atoms with Crippen LogP contribution in [0.3, 0.4) is 0 Å². The highest BCUT2D eigenvalue weighted by atomic mass is 32.2. The number of carbonyl (C=O) groups is 1. The molecule has 0 bridgehead atoms. The van der Waals surface area contributed by atoms with Gasteiger partial charge in [-0.2, -0.15) is 8.42 Å². The lowest BCUT2D eigenvalue weighted by Gasteiger charge is -1.97. The summed E-state index contributed by atoms with van der Waals surface area (Å²) < 4.78 is 24.0. The summed E-state index contributed by atoms with van der Waals surface area (Å²) in [5, 5.41) is 15.9. The lowest BCUT2D eigenvalue weighted by Crippen LogP contribution is -2.16. The molecule has 60 valence electrons. The zero-order chi connectivity index (χ0) is 8.20. The van der Waals surface area contributed by atoms with E-state index in [4.69, 9.17) is 10.2 Å². The number of aliphatic hydroxyl groups excluding tert-OH is 1. The molecule has 0 fully saturated rings. The van der Waals surface area contributed by atoms with Crippen molar-refractivity contribution in [1.29, 1.82) is 0 Å². The zero-order valence-corrected chi connectivity index (χ0v) is 5.67. The molecule has 0 aliphatic heterocycles. The van der Waals surface area contributed by atoms with Crippen LogP contribution in [-0.4, -0.2) is 37.1 Å². The van der Waals surface area contributed by atoms with Crippen molar-refractivity contribution in [3.05, 3.63) is 0 Å². The third kappa shape index (κ3) is 4.10. The number of carboxylic acid groups (broad SMARTS) is 1. The Morgan fingerprint density at radius 2 is 2.00 bits per heavy atom. The number of hydrogen-bond donors (Lipinski definition) is 2. The summed E-state index contributed by atoms with van der Waals surface area (Å²) in [6.07, 6.45) is -1.89. The predicted octanol–water partition coefficient (Wildman–Crippen LogP) is -0.997. The smallest absolute Gasteiger partial charge is 0.449 e. The van der Waals surface area contributed by atoms with E-state index in [1.54, 1.807) is 0 Å². The lowest BCUT2D eigenvalue weighted by molar-refractivity contribution is 0.146. The summed E-state index contributed by atoms with van der Waals surface area (Å²) in [5.74, 6) is -0.709. The molecule has 0 spiro atoms. The highest BCUT2D eigenvalue weighted by Crippen LogP contribution is 1.91. The van der Waals surface area contributed by atoms with E-state index in [2.05, 4.69) is 4.18 Å². The van der Waals surface area contributed by atoms with Crippen LogP contribution >= 0.6 is 0 Å². The van der Waals surface area contributed by atoms with Crippen LogP contribution in [0.1, 0.15) is 0 Å². The molecule has 0 amide bonds. The first-order valence-corrected chi connectivity index (χ1v) is 3.81. The standard InChI is InChI=1S/C3H6O6S/c4-1-2-10(7,8)9-3(5)6/h4H,1-2H2,(H,5,6). The Balaban J connectivity index is 4.02. The van der Waals surface area contributed by atoms with Gasteiger partial charge in [0.05, 0.1) is 6.61 Å². The minimum absolute atomic E-state index is 0.657. The minimum Gasteiger partial charge on any atom is -0.449 e. The molecule has 0 saturated heterocycles. The van der Waals surface area contributed by atoms with Crippen LogP contribution in [0.2, 0.25) is 0 Å². The molecule has 0 saturated carbocycles. The van der Waals surface area contributed by atoms with E-state index in [0.29, 0.717) is 0 Å². The van der Waals surface area contributed by atoms with E-state index in [1.165, 1.54) is 0 Å². The van der Waals surface area contributed by atoms with Gasteiger partial charge in [0, 0.05) is 0 Å². The Morgan fingerprint density at radius 3 is 2.30 bits per heavy atom. The van der Waals surface area contributed by atoms with Crippen molar-refractivity contribution in [2.75, 3.05) is 12.4 Å². The van der Waals surface area contributed by atoms with Gasteiger partial charge in [0.2, 0.25) is 0 Å². The normalized spacial score (nSPS) is 10.9. The highest BCUT2D eigenvalue weighted by molar-refractivity contribution is 7.87. The maximum atomic E-state index is 10.3. The van der Waals surface area contributed by atoms with Crippen LogP contribution in [0.4, 0.5) is 4.79 Å². The Kier molecular flexibility index (Phi) is 3.10. The molecule has 0 aliphatic rings. The van der Waals surface area contributed by atoms with Crippen LogP contribution in [0, 0.1) is 0 Å². The van der Waals surface area contributed by atoms with Crippen LogP contribution in [0.5, 0.6) is 0 Å². The average Bonchev–Trinajstić information content (AvgIpc) is 1.59. The first-order chi connectivity index (χ1) is 4.48. The Hall–Kier alpha value is -0.820. The van der Waals surface area contributed by atoms with Gasteiger partial charge in [-0.25, -0.2) is 4.79 Å². The number of aliphatic hydroxyl groups is 1. The lowest BCUT2D eigenvalue weighted by atomic mass is 10.9. The second kappa shape index (κ2) is 3.37. The molecule has 2 N–H and O–H groups in total. The largest absolute Gasteiger partial charge is 0.521 e. The summed E-state index contributed by atoms with van der Waals surface area (Å²) in [5.41, 5.74) is 0. The molecule has 7 heteroatoms. The molecule has 0 aromatic carbocycles. The van der Waals surface area contributed by atoms with Crippen molar-refractivity contribution in [2.45, 2.75) is 0 Å². The van der Waals surface area contributed by atoms with E-state index < -0.39 is 28.6 Å². The number of rotatable bonds is 3. The summed E-state index contributed by atoms with van der Waals surface area (Å²) in [6, 6.07) is 0. The maximum absolute atomic E-state index is 10.3. The molecule has 0 atom stereocenters. The third-order valence-electron chi connectivity index (χ3n) is 0.540. The second-order valence-corrected chi connectivity index (χ2v) is 3.02. The van der Waals surface area contributed by atoms with Gasteiger partial charge in [-0.15, -0.1) is 0 Å². The minimum atomic E-state index is -4.08. The van der Waals surface area contributed by atoms with E-state index in [0.717, 1.165) is 0 Å². The first kappa shape index (κ1) is 9.18. The predicted molar refractivity (Wildman–Crippen MR) is 30.0 cm³/mol. The topological polar surface area (TPSA) is 101 Å². The van der Waals surface area contributed by atoms with Crippen LogP contribution in [0.15, 0.2) is 0 Å². The van der Waals surface area contributed by atoms with Crippen LogP contribution in [-0.2, 0) is 14.3 Å². The van der Waals surface area contributed by atoms with Gasteiger partial charge in [0.15, 0.2) is 0 Å². The second-order valence-electron chi connectivity index (χ2n) is 1.33. The molecule has 0 aromatic rings. The third-order valence-corrected chi connectivity index (χ3v) is 1.62. The summed E-state index contributed by atoms with van der Waals surface area (Å²) >= 11 is 0. The van der Waals surface area contributed by atoms with E-state index >= 15 is 0 Å². The highest BCUT2D eigenvalue weighted by Gasteiger charge is 2.14. The van der Waals surface area contributed by atoms with Gasteiger partial charge >= 0.3 is 16.3 Å². The molecule has 0 unspecified atom stereocenters. The Bertz CT molecular complexity index is 203. The van der Waals surface area contributed by atoms with Gasteiger partial charge in [0.1, 0.15) is 5.75 Å². The molecule has 6 nitrogen and oxygen atoms in total. The molecule has 10 heavy (non-hydrogen) atoms. The Labute approximate surface area is 57.2 Å². The zero-order valence-electron chi connectivity index (χ0n) is 4.85. The van der Waals surface area contributed by atoms with Crippen molar-refractivity contribution in [3.63, 3.8) is 0 Å². The molecule has 0 heterocycles. The van der Waals surface area contributed by atoms with Gasteiger partial charge < -0.3 is 14.4 Å².